The van der Waals surface area contributed by atoms with Crippen molar-refractivity contribution in [2.75, 3.05) is 19.0 Å². The summed E-state index contributed by atoms with van der Waals surface area (Å²) >= 11 is 1.32. The smallest absolute Gasteiger partial charge is 0.253 e. The SMILES string of the molecule is COCC(NC(=O)c1ccn(C(C)(C)C)c1)C(=O)Nc1nc(-c2cccc(-c3ccn(C)n3)c2)cs1. The van der Waals surface area contributed by atoms with Gasteiger partial charge in [0, 0.05) is 54.8 Å². The van der Waals surface area contributed by atoms with Crippen molar-refractivity contribution in [3.8, 4) is 22.5 Å². The van der Waals surface area contributed by atoms with Crippen molar-refractivity contribution in [2.45, 2.75) is 32.4 Å². The Balaban J connectivity index is 1.44. The van der Waals surface area contributed by atoms with E-state index in [-0.39, 0.29) is 18.1 Å². The average Bonchev–Trinajstić information content (AvgIpc) is 3.59. The van der Waals surface area contributed by atoms with Crippen LogP contribution >= 0.6 is 11.3 Å². The topological polar surface area (TPSA) is 103 Å². The molecule has 2 N–H and O–H groups in total. The van der Waals surface area contributed by atoms with Crippen LogP contribution in [0.1, 0.15) is 31.1 Å². The highest BCUT2D eigenvalue weighted by Crippen LogP contribution is 2.28. The molecule has 3 heterocycles. The molecule has 0 spiro atoms. The second-order valence-corrected chi connectivity index (χ2v) is 10.3. The van der Waals surface area contributed by atoms with Crippen molar-refractivity contribution in [1.82, 2.24) is 24.6 Å². The maximum Gasteiger partial charge on any atom is 0.253 e. The molecular weight excluding hydrogens is 476 g/mol. The van der Waals surface area contributed by atoms with Crippen LogP contribution in [0.4, 0.5) is 5.13 Å². The Bertz CT molecular complexity index is 1360. The Hall–Kier alpha value is -3.76. The number of benzene rings is 1. The number of anilines is 1. The standard InChI is InChI=1S/C26H30N6O3S/c1-26(2,3)32-12-9-19(14-32)23(33)27-21(15-35-5)24(34)29-25-28-22(16-36-25)18-8-6-7-17(13-18)20-10-11-31(4)30-20/h6-14,16,21H,15H2,1-5H3,(H,27,33)(H,28,29,34). The number of carbonyl (C=O) groups excluding carboxylic acids is 2. The van der Waals surface area contributed by atoms with E-state index in [0.29, 0.717) is 10.7 Å². The first-order chi connectivity index (χ1) is 17.1. The van der Waals surface area contributed by atoms with Crippen LogP contribution < -0.4 is 10.6 Å². The fraction of sp³-hybridized carbons (Fsp3) is 0.308. The minimum absolute atomic E-state index is 0.0297. The molecule has 0 aliphatic rings. The molecular formula is C26H30N6O3S. The molecule has 0 radical (unpaired) electrons. The predicted molar refractivity (Wildman–Crippen MR) is 141 cm³/mol. The van der Waals surface area contributed by atoms with E-state index >= 15 is 0 Å². The number of rotatable bonds is 8. The van der Waals surface area contributed by atoms with Gasteiger partial charge in [0.25, 0.3) is 11.8 Å². The van der Waals surface area contributed by atoms with Gasteiger partial charge in [0.1, 0.15) is 6.04 Å². The number of hydrogen-bond donors (Lipinski definition) is 2. The fourth-order valence-corrected chi connectivity index (χ4v) is 4.32. The number of ether oxygens (including phenoxy) is 1. The van der Waals surface area contributed by atoms with Gasteiger partial charge in [0.05, 0.1) is 23.6 Å². The van der Waals surface area contributed by atoms with E-state index in [1.54, 1.807) is 16.9 Å². The first kappa shape index (κ1) is 25.3. The summed E-state index contributed by atoms with van der Waals surface area (Å²) in [4.78, 5) is 30.3. The molecule has 9 nitrogen and oxygen atoms in total. The first-order valence-corrected chi connectivity index (χ1v) is 12.4. The molecule has 188 valence electrons. The fourth-order valence-electron chi connectivity index (χ4n) is 3.60. The van der Waals surface area contributed by atoms with Gasteiger partial charge in [-0.1, -0.05) is 18.2 Å². The van der Waals surface area contributed by atoms with Gasteiger partial charge < -0.3 is 19.9 Å². The van der Waals surface area contributed by atoms with E-state index in [1.165, 1.54) is 18.4 Å². The molecule has 0 saturated heterocycles. The van der Waals surface area contributed by atoms with Crippen LogP contribution in [-0.4, -0.2) is 50.9 Å². The Morgan fingerprint density at radius 1 is 1.11 bits per heavy atom. The Kier molecular flexibility index (Phi) is 7.37. The molecule has 2 amide bonds. The third-order valence-electron chi connectivity index (χ3n) is 5.59. The van der Waals surface area contributed by atoms with Crippen LogP contribution in [0.5, 0.6) is 0 Å². The van der Waals surface area contributed by atoms with Crippen molar-refractivity contribution in [3.63, 3.8) is 0 Å². The lowest BCUT2D eigenvalue weighted by Crippen LogP contribution is -2.46. The summed E-state index contributed by atoms with van der Waals surface area (Å²) < 4.78 is 8.89. The van der Waals surface area contributed by atoms with Gasteiger partial charge in [-0.2, -0.15) is 5.10 Å². The zero-order valence-corrected chi connectivity index (χ0v) is 21.8. The number of aromatic nitrogens is 4. The van der Waals surface area contributed by atoms with E-state index < -0.39 is 11.9 Å². The maximum atomic E-state index is 13.0. The Morgan fingerprint density at radius 2 is 1.86 bits per heavy atom. The molecule has 3 aromatic heterocycles. The average molecular weight is 507 g/mol. The number of methoxy groups -OCH3 is 1. The molecule has 0 fully saturated rings. The minimum atomic E-state index is -0.875. The molecule has 36 heavy (non-hydrogen) atoms. The zero-order chi connectivity index (χ0) is 25.9. The van der Waals surface area contributed by atoms with Gasteiger partial charge in [-0.15, -0.1) is 11.3 Å². The van der Waals surface area contributed by atoms with Gasteiger partial charge in [-0.3, -0.25) is 14.3 Å². The summed E-state index contributed by atoms with van der Waals surface area (Å²) in [6, 6.07) is 10.7. The lowest BCUT2D eigenvalue weighted by molar-refractivity contribution is -0.119. The van der Waals surface area contributed by atoms with Gasteiger partial charge in [0.2, 0.25) is 0 Å². The number of thiazole rings is 1. The van der Waals surface area contributed by atoms with Crippen molar-refractivity contribution < 1.29 is 14.3 Å². The predicted octanol–water partition coefficient (Wildman–Crippen LogP) is 4.15. The Morgan fingerprint density at radius 3 is 2.50 bits per heavy atom. The van der Waals surface area contributed by atoms with Crippen molar-refractivity contribution in [1.29, 1.82) is 0 Å². The molecule has 1 aromatic carbocycles. The van der Waals surface area contributed by atoms with Crippen molar-refractivity contribution >= 4 is 28.3 Å². The van der Waals surface area contributed by atoms with Crippen LogP contribution in [0.2, 0.25) is 0 Å². The third-order valence-corrected chi connectivity index (χ3v) is 6.34. The van der Waals surface area contributed by atoms with Gasteiger partial charge in [-0.25, -0.2) is 4.98 Å². The monoisotopic (exact) mass is 506 g/mol. The van der Waals surface area contributed by atoms with E-state index in [1.807, 2.05) is 80.5 Å². The molecule has 0 saturated carbocycles. The molecule has 4 rings (SSSR count). The summed E-state index contributed by atoms with van der Waals surface area (Å²) in [7, 11) is 3.36. The largest absolute Gasteiger partial charge is 0.382 e. The van der Waals surface area contributed by atoms with Crippen LogP contribution in [0.25, 0.3) is 22.5 Å². The van der Waals surface area contributed by atoms with Crippen LogP contribution in [0, 0.1) is 0 Å². The summed E-state index contributed by atoms with van der Waals surface area (Å²) in [5.41, 5.74) is 3.84. The molecule has 1 unspecified atom stereocenters. The number of amides is 2. The molecule has 10 heteroatoms. The van der Waals surface area contributed by atoms with Gasteiger partial charge in [-0.05, 0) is 39.0 Å². The second kappa shape index (κ2) is 10.5. The molecule has 1 atom stereocenters. The Labute approximate surface area is 214 Å². The van der Waals surface area contributed by atoms with Crippen molar-refractivity contribution in [2.24, 2.45) is 7.05 Å². The van der Waals surface area contributed by atoms with Gasteiger partial charge in [0.15, 0.2) is 5.13 Å². The quantitative estimate of drug-likeness (QED) is 0.374. The van der Waals surface area contributed by atoms with Gasteiger partial charge >= 0.3 is 0 Å². The normalized spacial score (nSPS) is 12.4. The summed E-state index contributed by atoms with van der Waals surface area (Å²) in [6.45, 7) is 6.18. The second-order valence-electron chi connectivity index (χ2n) is 9.44. The number of hydrogen-bond acceptors (Lipinski definition) is 6. The third kappa shape index (κ3) is 5.89. The number of aryl methyl sites for hydroxylation is 1. The van der Waals surface area contributed by atoms with Crippen LogP contribution in [-0.2, 0) is 22.1 Å². The lowest BCUT2D eigenvalue weighted by atomic mass is 10.1. The number of carbonyl (C=O) groups is 2. The number of nitrogens with one attached hydrogen (secondary N) is 2. The summed E-state index contributed by atoms with van der Waals surface area (Å²) in [6.07, 6.45) is 5.51. The molecule has 0 aliphatic carbocycles. The minimum Gasteiger partial charge on any atom is -0.382 e. The van der Waals surface area contributed by atoms with E-state index in [0.717, 1.165) is 22.5 Å². The number of nitrogens with zero attached hydrogens (tertiary/aromatic N) is 4. The highest BCUT2D eigenvalue weighted by atomic mass is 32.1. The van der Waals surface area contributed by atoms with Crippen molar-refractivity contribution in [3.05, 3.63) is 65.9 Å². The van der Waals surface area contributed by atoms with E-state index in [4.69, 9.17) is 4.74 Å². The molecule has 4 aromatic rings. The molecule has 0 bridgehead atoms. The molecule has 0 aliphatic heterocycles. The summed E-state index contributed by atoms with van der Waals surface area (Å²) in [5, 5.41) is 12.3. The van der Waals surface area contributed by atoms with Crippen LogP contribution in [0.15, 0.2) is 60.4 Å². The maximum absolute atomic E-state index is 13.0. The van der Waals surface area contributed by atoms with E-state index in [9.17, 15) is 9.59 Å². The van der Waals surface area contributed by atoms with E-state index in [2.05, 4.69) is 20.7 Å². The summed E-state index contributed by atoms with van der Waals surface area (Å²) in [5.74, 6) is -0.745. The van der Waals surface area contributed by atoms with Crippen LogP contribution in [0.3, 0.4) is 0 Å². The highest BCUT2D eigenvalue weighted by Gasteiger charge is 2.24. The lowest BCUT2D eigenvalue weighted by Gasteiger charge is -2.21. The zero-order valence-electron chi connectivity index (χ0n) is 21.0. The first-order valence-electron chi connectivity index (χ1n) is 11.5. The highest BCUT2D eigenvalue weighted by molar-refractivity contribution is 7.14.